The van der Waals surface area contributed by atoms with E-state index < -0.39 is 23.9 Å². The van der Waals surface area contributed by atoms with Gasteiger partial charge in [-0.15, -0.1) is 0 Å². The van der Waals surface area contributed by atoms with Gasteiger partial charge in [-0.05, 0) is 126 Å². The maximum absolute atomic E-state index is 10.4. The zero-order chi connectivity index (χ0) is 61.4. The Labute approximate surface area is 529 Å². The van der Waals surface area contributed by atoms with Gasteiger partial charge in [0.15, 0.2) is 0 Å². The molecule has 0 fully saturated rings. The van der Waals surface area contributed by atoms with Crippen LogP contribution in [0.1, 0.15) is 331 Å². The predicted molar refractivity (Wildman–Crippen MR) is 342 cm³/mol. The third-order valence-corrected chi connectivity index (χ3v) is 15.2. The number of aryl methyl sites for hydroxylation is 8. The van der Waals surface area contributed by atoms with Gasteiger partial charge in [0.25, 0.3) is 0 Å². The first kappa shape index (κ1) is 80.7. The minimum Gasteiger partial charge on any atom is -0.481 e. The Balaban J connectivity index is 0.00000110. The predicted octanol–water partition coefficient (Wildman–Crippen LogP) is 21.5. The molecule has 4 heterocycles. The molecule has 0 amide bonds. The van der Waals surface area contributed by atoms with Crippen LogP contribution in [0, 0.1) is 0 Å². The summed E-state index contributed by atoms with van der Waals surface area (Å²) >= 11 is 0. The molecule has 4 aromatic rings. The second-order valence-electron chi connectivity index (χ2n) is 23.4. The number of aliphatic carboxylic acids is 4. The first-order valence-electron chi connectivity index (χ1n) is 34.1. The molecular formula is C72H120MoO12. The fraction of sp³-hybridized carbons (Fsp3) is 0.722. The molecule has 0 bridgehead atoms. The summed E-state index contributed by atoms with van der Waals surface area (Å²) in [6, 6.07) is 17.0. The van der Waals surface area contributed by atoms with Crippen molar-refractivity contribution in [3.63, 3.8) is 0 Å². The van der Waals surface area contributed by atoms with E-state index in [1.807, 2.05) is 0 Å². The minimum atomic E-state index is -0.678. The number of unbranched alkanes of at least 4 members (excludes halogenated alkanes) is 28. The van der Waals surface area contributed by atoms with Crippen molar-refractivity contribution in [3.05, 3.63) is 94.6 Å². The van der Waals surface area contributed by atoms with Crippen LogP contribution in [0.5, 0.6) is 0 Å². The molecule has 85 heavy (non-hydrogen) atoms. The standard InChI is InChI=1S/4C18H30O3.Mo/c4*1-2-3-8-11-16-14-15-17(21-16)12-9-6-4-5-7-10-13-18(19)20;/h4*14-15H,2-13H2,1H3,(H,19,20);. The van der Waals surface area contributed by atoms with E-state index in [2.05, 4.69) is 76.2 Å². The normalized spacial score (nSPS) is 10.8. The number of carboxylic acids is 4. The summed E-state index contributed by atoms with van der Waals surface area (Å²) in [7, 11) is 0. The van der Waals surface area contributed by atoms with Gasteiger partial charge >= 0.3 is 23.9 Å². The van der Waals surface area contributed by atoms with E-state index >= 15 is 0 Å². The van der Waals surface area contributed by atoms with Gasteiger partial charge in [-0.1, -0.05) is 182 Å². The molecule has 4 rings (SSSR count). The van der Waals surface area contributed by atoms with Crippen molar-refractivity contribution in [1.29, 1.82) is 0 Å². The van der Waals surface area contributed by atoms with E-state index in [0.717, 1.165) is 174 Å². The van der Waals surface area contributed by atoms with Crippen molar-refractivity contribution in [2.75, 3.05) is 0 Å². The van der Waals surface area contributed by atoms with Gasteiger partial charge in [-0.2, -0.15) is 0 Å². The van der Waals surface area contributed by atoms with Crippen molar-refractivity contribution >= 4 is 23.9 Å². The maximum Gasteiger partial charge on any atom is 0.303 e. The summed E-state index contributed by atoms with van der Waals surface area (Å²) in [5, 5.41) is 34.2. The number of furan rings is 4. The van der Waals surface area contributed by atoms with Crippen LogP contribution in [0.25, 0.3) is 0 Å². The summed E-state index contributed by atoms with van der Waals surface area (Å²) in [5.74, 6) is 6.29. The fourth-order valence-electron chi connectivity index (χ4n) is 10.1. The van der Waals surface area contributed by atoms with Crippen molar-refractivity contribution in [2.45, 2.75) is 336 Å². The monoisotopic (exact) mass is 1270 g/mol. The minimum absolute atomic E-state index is 0. The Kier molecular flexibility index (Phi) is 55.7. The molecule has 0 aliphatic rings. The molecule has 0 saturated heterocycles. The van der Waals surface area contributed by atoms with Crippen LogP contribution in [0.4, 0.5) is 0 Å². The van der Waals surface area contributed by atoms with Gasteiger partial charge in [0.2, 0.25) is 0 Å². The van der Waals surface area contributed by atoms with E-state index in [-0.39, 0.29) is 21.1 Å². The van der Waals surface area contributed by atoms with E-state index in [9.17, 15) is 19.2 Å². The summed E-state index contributed by atoms with van der Waals surface area (Å²) in [6.45, 7) is 8.87. The Morgan fingerprint density at radius 1 is 0.235 bits per heavy atom. The molecule has 486 valence electrons. The van der Waals surface area contributed by atoms with Gasteiger partial charge in [-0.3, -0.25) is 19.2 Å². The fourth-order valence-corrected chi connectivity index (χ4v) is 10.1. The van der Waals surface area contributed by atoms with Crippen LogP contribution in [-0.4, -0.2) is 44.3 Å². The second kappa shape index (κ2) is 58.7. The Hall–Kier alpha value is -4.31. The largest absolute Gasteiger partial charge is 0.481 e. The van der Waals surface area contributed by atoms with E-state index in [4.69, 9.17) is 38.1 Å². The number of rotatable bonds is 52. The third kappa shape index (κ3) is 52.5. The molecule has 13 heteroatoms. The van der Waals surface area contributed by atoms with Crippen LogP contribution in [0.3, 0.4) is 0 Å². The average Bonchev–Trinajstić information content (AvgIpc) is 4.42. The van der Waals surface area contributed by atoms with E-state index in [0.29, 0.717) is 25.7 Å². The van der Waals surface area contributed by atoms with Crippen molar-refractivity contribution < 1.29 is 78.3 Å². The second-order valence-corrected chi connectivity index (χ2v) is 23.4. The summed E-state index contributed by atoms with van der Waals surface area (Å²) in [4.78, 5) is 41.5. The van der Waals surface area contributed by atoms with Crippen LogP contribution >= 0.6 is 0 Å². The van der Waals surface area contributed by atoms with Crippen molar-refractivity contribution in [3.8, 4) is 0 Å². The van der Waals surface area contributed by atoms with Gasteiger partial charge in [0.05, 0.1) is 0 Å². The van der Waals surface area contributed by atoms with E-state index in [1.165, 1.54) is 154 Å². The van der Waals surface area contributed by atoms with Crippen molar-refractivity contribution in [1.82, 2.24) is 0 Å². The molecule has 0 spiro atoms. The number of carboxylic acid groups (broad SMARTS) is 4. The smallest absolute Gasteiger partial charge is 0.303 e. The Morgan fingerprint density at radius 2 is 0.365 bits per heavy atom. The molecule has 0 aliphatic carbocycles. The number of carbonyl (C=O) groups is 4. The molecular weight excluding hydrogens is 1150 g/mol. The number of hydrogen-bond acceptors (Lipinski definition) is 8. The van der Waals surface area contributed by atoms with Gasteiger partial charge < -0.3 is 38.1 Å². The topological polar surface area (TPSA) is 202 Å². The van der Waals surface area contributed by atoms with E-state index in [1.54, 1.807) is 0 Å². The number of hydrogen-bond donors (Lipinski definition) is 4. The van der Waals surface area contributed by atoms with Crippen LogP contribution in [0.2, 0.25) is 0 Å². The zero-order valence-corrected chi connectivity index (χ0v) is 56.0. The Morgan fingerprint density at radius 3 is 0.506 bits per heavy atom. The molecule has 0 aromatic carbocycles. The zero-order valence-electron chi connectivity index (χ0n) is 54.0. The van der Waals surface area contributed by atoms with Gasteiger partial charge in [0.1, 0.15) is 46.1 Å². The molecule has 0 saturated carbocycles. The van der Waals surface area contributed by atoms with Gasteiger partial charge in [-0.25, -0.2) is 0 Å². The quantitative estimate of drug-likeness (QED) is 0.0241. The molecule has 0 atom stereocenters. The SMILES string of the molecule is CCCCCc1ccc(CCCCCCCCC(=O)O)o1.CCCCCc1ccc(CCCCCCCCC(=O)O)o1.CCCCCc1ccc(CCCCCCCCC(=O)O)o1.CCCCCc1ccc(CCCCCCCCC(=O)O)o1.[Mo]. The molecule has 4 N–H and O–H groups in total. The first-order chi connectivity index (χ1) is 40.9. The molecule has 4 aromatic heterocycles. The average molecular weight is 1270 g/mol. The Bertz CT molecular complexity index is 1830. The maximum atomic E-state index is 10.4. The third-order valence-electron chi connectivity index (χ3n) is 15.2. The van der Waals surface area contributed by atoms with Crippen LogP contribution < -0.4 is 0 Å². The summed E-state index contributed by atoms with van der Waals surface area (Å²) in [6.07, 6.45) is 50.9. The van der Waals surface area contributed by atoms with Crippen molar-refractivity contribution in [2.24, 2.45) is 0 Å². The molecule has 0 unspecified atom stereocenters. The van der Waals surface area contributed by atoms with Gasteiger partial charge in [0, 0.05) is 98.1 Å². The van der Waals surface area contributed by atoms with Crippen LogP contribution in [-0.2, 0) is 91.6 Å². The summed E-state index contributed by atoms with van der Waals surface area (Å²) < 4.78 is 23.3. The van der Waals surface area contributed by atoms with Crippen LogP contribution in [0.15, 0.2) is 66.2 Å². The first-order valence-corrected chi connectivity index (χ1v) is 34.1. The summed E-state index contributed by atoms with van der Waals surface area (Å²) in [5.41, 5.74) is 0. The molecule has 0 aliphatic heterocycles. The molecule has 12 nitrogen and oxygen atoms in total. The molecule has 0 radical (unpaired) electrons.